The van der Waals surface area contributed by atoms with E-state index in [1.807, 2.05) is 20.8 Å². The molecular formula is C12H19NO2S. The lowest BCUT2D eigenvalue weighted by molar-refractivity contribution is 0.397. The van der Waals surface area contributed by atoms with E-state index in [2.05, 4.69) is 0 Å². The third kappa shape index (κ3) is 3.52. The van der Waals surface area contributed by atoms with Crippen LogP contribution in [0.2, 0.25) is 0 Å². The maximum atomic E-state index is 12.0. The largest absolute Gasteiger partial charge is 0.398 e. The average molecular weight is 241 g/mol. The number of benzene rings is 1. The van der Waals surface area contributed by atoms with Gasteiger partial charge in [0.2, 0.25) is 0 Å². The van der Waals surface area contributed by atoms with E-state index in [1.54, 1.807) is 24.3 Å². The van der Waals surface area contributed by atoms with Crippen molar-refractivity contribution in [1.82, 2.24) is 0 Å². The van der Waals surface area contributed by atoms with E-state index in [0.29, 0.717) is 12.1 Å². The second-order valence-corrected chi connectivity index (χ2v) is 7.24. The van der Waals surface area contributed by atoms with Crippen LogP contribution in [0.3, 0.4) is 0 Å². The summed E-state index contributed by atoms with van der Waals surface area (Å²) in [6, 6.07) is 6.61. The molecule has 0 saturated heterocycles. The minimum Gasteiger partial charge on any atom is -0.398 e. The van der Waals surface area contributed by atoms with Crippen LogP contribution >= 0.6 is 0 Å². The van der Waals surface area contributed by atoms with Crippen LogP contribution in [-0.2, 0) is 9.84 Å². The Hall–Kier alpha value is -1.03. The number of nitrogen functional groups attached to an aromatic ring is 1. The first kappa shape index (κ1) is 13.0. The molecule has 1 aromatic carbocycles. The van der Waals surface area contributed by atoms with Crippen molar-refractivity contribution in [3.63, 3.8) is 0 Å². The Morgan fingerprint density at radius 2 is 1.75 bits per heavy atom. The molecule has 0 radical (unpaired) electrons. The molecule has 0 bridgehead atoms. The molecule has 0 aliphatic rings. The first-order valence-corrected chi connectivity index (χ1v) is 6.95. The third-order valence-corrected chi connectivity index (χ3v) is 4.16. The van der Waals surface area contributed by atoms with Crippen molar-refractivity contribution in [2.45, 2.75) is 32.1 Å². The molecule has 90 valence electrons. The molecule has 0 amide bonds. The monoisotopic (exact) mass is 241 g/mol. The van der Waals surface area contributed by atoms with Gasteiger partial charge in [-0.3, -0.25) is 0 Å². The van der Waals surface area contributed by atoms with Gasteiger partial charge in [-0.2, -0.15) is 0 Å². The van der Waals surface area contributed by atoms with Gasteiger partial charge in [0.05, 0.1) is 16.3 Å². The average Bonchev–Trinajstić information content (AvgIpc) is 2.14. The number of hydrogen-bond donors (Lipinski definition) is 1. The fourth-order valence-corrected chi connectivity index (χ4v) is 3.13. The van der Waals surface area contributed by atoms with Gasteiger partial charge in [0.25, 0.3) is 0 Å². The lowest BCUT2D eigenvalue weighted by Crippen LogP contribution is -2.15. The molecule has 0 saturated carbocycles. The van der Waals surface area contributed by atoms with Crippen LogP contribution in [0.1, 0.15) is 27.2 Å². The standard InChI is InChI=1S/C12H19NO2S/c1-12(2,3)8-9-16(14,15)11-7-5-4-6-10(11)13/h4-7H,8-9,13H2,1-3H3. The van der Waals surface area contributed by atoms with E-state index in [0.717, 1.165) is 0 Å². The zero-order valence-electron chi connectivity index (χ0n) is 10.0. The van der Waals surface area contributed by atoms with Gasteiger partial charge in [-0.25, -0.2) is 8.42 Å². The summed E-state index contributed by atoms with van der Waals surface area (Å²) in [5, 5.41) is 0. The van der Waals surface area contributed by atoms with E-state index >= 15 is 0 Å². The molecule has 0 aliphatic carbocycles. The van der Waals surface area contributed by atoms with Crippen LogP contribution < -0.4 is 5.73 Å². The number of rotatable bonds is 3. The maximum absolute atomic E-state index is 12.0. The summed E-state index contributed by atoms with van der Waals surface area (Å²) < 4.78 is 24.0. The van der Waals surface area contributed by atoms with Crippen molar-refractivity contribution in [2.75, 3.05) is 11.5 Å². The van der Waals surface area contributed by atoms with E-state index in [1.165, 1.54) is 0 Å². The highest BCUT2D eigenvalue weighted by molar-refractivity contribution is 7.91. The molecule has 0 fully saturated rings. The van der Waals surface area contributed by atoms with Crippen LogP contribution in [0, 0.1) is 5.41 Å². The van der Waals surface area contributed by atoms with Crippen LogP contribution in [0.15, 0.2) is 29.2 Å². The van der Waals surface area contributed by atoms with Gasteiger partial charge in [-0.1, -0.05) is 32.9 Å². The van der Waals surface area contributed by atoms with E-state index in [-0.39, 0.29) is 16.1 Å². The number of anilines is 1. The van der Waals surface area contributed by atoms with Crippen LogP contribution in [0.25, 0.3) is 0 Å². The van der Waals surface area contributed by atoms with E-state index in [9.17, 15) is 8.42 Å². The van der Waals surface area contributed by atoms with E-state index < -0.39 is 9.84 Å². The number of nitrogens with two attached hydrogens (primary N) is 1. The summed E-state index contributed by atoms with van der Waals surface area (Å²) in [4.78, 5) is 0.249. The van der Waals surface area contributed by atoms with Crippen molar-refractivity contribution < 1.29 is 8.42 Å². The summed E-state index contributed by atoms with van der Waals surface area (Å²) in [5.41, 5.74) is 6.01. The highest BCUT2D eigenvalue weighted by Crippen LogP contribution is 2.24. The molecular weight excluding hydrogens is 222 g/mol. The van der Waals surface area contributed by atoms with Crippen LogP contribution in [0.5, 0.6) is 0 Å². The Bertz CT molecular complexity index is 458. The normalized spacial score (nSPS) is 12.7. The summed E-state index contributed by atoms with van der Waals surface area (Å²) in [6.07, 6.45) is 0.629. The second-order valence-electron chi connectivity index (χ2n) is 5.17. The summed E-state index contributed by atoms with van der Waals surface area (Å²) in [5.74, 6) is 0.144. The number of para-hydroxylation sites is 1. The first-order valence-electron chi connectivity index (χ1n) is 5.30. The molecule has 16 heavy (non-hydrogen) atoms. The van der Waals surface area contributed by atoms with Crippen molar-refractivity contribution in [3.05, 3.63) is 24.3 Å². The lowest BCUT2D eigenvalue weighted by atomic mass is 9.94. The Morgan fingerprint density at radius 3 is 2.25 bits per heavy atom. The molecule has 0 unspecified atom stereocenters. The highest BCUT2D eigenvalue weighted by Gasteiger charge is 2.20. The zero-order valence-corrected chi connectivity index (χ0v) is 10.8. The molecule has 1 aromatic rings. The SMILES string of the molecule is CC(C)(C)CCS(=O)(=O)c1ccccc1N. The second kappa shape index (κ2) is 4.45. The van der Waals surface area contributed by atoms with Gasteiger partial charge in [0.15, 0.2) is 9.84 Å². The Morgan fingerprint density at radius 1 is 1.19 bits per heavy atom. The minimum absolute atomic E-state index is 0.0105. The summed E-state index contributed by atoms with van der Waals surface area (Å²) in [6.45, 7) is 6.07. The molecule has 2 N–H and O–H groups in total. The summed E-state index contributed by atoms with van der Waals surface area (Å²) >= 11 is 0. The molecule has 0 heterocycles. The fraction of sp³-hybridized carbons (Fsp3) is 0.500. The molecule has 3 nitrogen and oxygen atoms in total. The predicted octanol–water partition coefficient (Wildman–Crippen LogP) is 2.48. The van der Waals surface area contributed by atoms with Crippen molar-refractivity contribution in [3.8, 4) is 0 Å². The minimum atomic E-state index is -3.25. The van der Waals surface area contributed by atoms with Gasteiger partial charge >= 0.3 is 0 Å². The van der Waals surface area contributed by atoms with Crippen LogP contribution in [0.4, 0.5) is 5.69 Å². The predicted molar refractivity (Wildman–Crippen MR) is 67.0 cm³/mol. The van der Waals surface area contributed by atoms with Gasteiger partial charge < -0.3 is 5.73 Å². The molecule has 0 spiro atoms. The molecule has 1 rings (SSSR count). The third-order valence-electron chi connectivity index (χ3n) is 2.37. The van der Waals surface area contributed by atoms with Crippen molar-refractivity contribution in [2.24, 2.45) is 5.41 Å². The highest BCUT2D eigenvalue weighted by atomic mass is 32.2. The number of hydrogen-bond acceptors (Lipinski definition) is 3. The van der Waals surface area contributed by atoms with Crippen LogP contribution in [-0.4, -0.2) is 14.2 Å². The Kier molecular flexibility index (Phi) is 3.63. The fourth-order valence-electron chi connectivity index (χ4n) is 1.31. The number of sulfone groups is 1. The van der Waals surface area contributed by atoms with Gasteiger partial charge in [0.1, 0.15) is 0 Å². The van der Waals surface area contributed by atoms with Gasteiger partial charge in [-0.15, -0.1) is 0 Å². The molecule has 0 aliphatic heterocycles. The molecule has 0 atom stereocenters. The summed E-state index contributed by atoms with van der Waals surface area (Å²) in [7, 11) is -3.25. The Balaban J connectivity index is 2.92. The maximum Gasteiger partial charge on any atom is 0.180 e. The topological polar surface area (TPSA) is 60.2 Å². The molecule has 4 heteroatoms. The smallest absolute Gasteiger partial charge is 0.180 e. The lowest BCUT2D eigenvalue weighted by Gasteiger charge is -2.18. The van der Waals surface area contributed by atoms with Crippen molar-refractivity contribution >= 4 is 15.5 Å². The first-order chi connectivity index (χ1) is 7.22. The van der Waals surface area contributed by atoms with Gasteiger partial charge in [-0.05, 0) is 24.0 Å². The zero-order chi connectivity index (χ0) is 12.4. The van der Waals surface area contributed by atoms with Crippen molar-refractivity contribution in [1.29, 1.82) is 0 Å². The molecule has 0 aromatic heterocycles. The van der Waals surface area contributed by atoms with E-state index in [4.69, 9.17) is 5.73 Å². The quantitative estimate of drug-likeness (QED) is 0.827. The van der Waals surface area contributed by atoms with Gasteiger partial charge in [0, 0.05) is 0 Å². The Labute approximate surface area is 97.6 Å².